The standard InChI is InChI=1S/C20H23N3O4S/c1-14-4-7-16(8-5-14)25-10-2-3-19(24)22-23-20(28)21-12-15-6-9-17-18(11-15)27-13-26-17/h4-9,11H,2-3,10,12-13H2,1H3,(H,22,24)(H2,21,23,28). The Labute approximate surface area is 169 Å². The summed E-state index contributed by atoms with van der Waals surface area (Å²) in [7, 11) is 0. The van der Waals surface area contributed by atoms with E-state index in [1.807, 2.05) is 49.4 Å². The minimum atomic E-state index is -0.153. The average molecular weight is 401 g/mol. The second kappa shape index (κ2) is 9.80. The number of ether oxygens (including phenoxy) is 3. The first-order valence-electron chi connectivity index (χ1n) is 9.01. The summed E-state index contributed by atoms with van der Waals surface area (Å²) in [6, 6.07) is 13.5. The van der Waals surface area contributed by atoms with Gasteiger partial charge in [0, 0.05) is 13.0 Å². The topological polar surface area (TPSA) is 80.9 Å². The fourth-order valence-corrected chi connectivity index (χ4v) is 2.65. The molecule has 3 N–H and O–H groups in total. The van der Waals surface area contributed by atoms with Gasteiger partial charge in [-0.2, -0.15) is 0 Å². The lowest BCUT2D eigenvalue weighted by Gasteiger charge is -2.12. The van der Waals surface area contributed by atoms with Crippen LogP contribution in [0.5, 0.6) is 17.2 Å². The quantitative estimate of drug-likeness (QED) is 0.374. The number of thiocarbonyl (C=S) groups is 1. The number of benzene rings is 2. The molecule has 0 spiro atoms. The molecule has 0 atom stereocenters. The first-order chi connectivity index (χ1) is 13.6. The fourth-order valence-electron chi connectivity index (χ4n) is 2.52. The van der Waals surface area contributed by atoms with Gasteiger partial charge in [0.15, 0.2) is 16.6 Å². The minimum Gasteiger partial charge on any atom is -0.494 e. The van der Waals surface area contributed by atoms with Gasteiger partial charge in [0.1, 0.15) is 5.75 Å². The molecule has 28 heavy (non-hydrogen) atoms. The summed E-state index contributed by atoms with van der Waals surface area (Å²) in [6.07, 6.45) is 0.947. The van der Waals surface area contributed by atoms with E-state index in [1.54, 1.807) is 0 Å². The van der Waals surface area contributed by atoms with Crippen LogP contribution in [0, 0.1) is 6.92 Å². The van der Waals surface area contributed by atoms with Gasteiger partial charge in [0.05, 0.1) is 6.61 Å². The lowest BCUT2D eigenvalue weighted by atomic mass is 10.2. The van der Waals surface area contributed by atoms with E-state index >= 15 is 0 Å². The molecule has 2 aromatic rings. The highest BCUT2D eigenvalue weighted by atomic mass is 32.1. The number of hydrogen-bond donors (Lipinski definition) is 3. The van der Waals surface area contributed by atoms with Gasteiger partial charge in [-0.15, -0.1) is 0 Å². The van der Waals surface area contributed by atoms with Gasteiger partial charge in [0.2, 0.25) is 12.7 Å². The van der Waals surface area contributed by atoms with Crippen LogP contribution in [-0.4, -0.2) is 24.4 Å². The zero-order valence-corrected chi connectivity index (χ0v) is 16.4. The summed E-state index contributed by atoms with van der Waals surface area (Å²) in [6.45, 7) is 3.25. The Morgan fingerprint density at radius 3 is 2.71 bits per heavy atom. The van der Waals surface area contributed by atoms with Crippen LogP contribution >= 0.6 is 12.2 Å². The molecule has 0 aliphatic carbocycles. The molecule has 0 unspecified atom stereocenters. The normalized spacial score (nSPS) is 11.6. The van der Waals surface area contributed by atoms with Crippen molar-refractivity contribution >= 4 is 23.2 Å². The average Bonchev–Trinajstić information content (AvgIpc) is 3.17. The first-order valence-corrected chi connectivity index (χ1v) is 9.41. The SMILES string of the molecule is Cc1ccc(OCCCC(=O)NNC(=S)NCc2ccc3c(c2)OCO3)cc1. The number of hydrogen-bond acceptors (Lipinski definition) is 5. The van der Waals surface area contributed by atoms with Gasteiger partial charge in [-0.25, -0.2) is 0 Å². The van der Waals surface area contributed by atoms with Crippen molar-refractivity contribution in [3.8, 4) is 17.2 Å². The molecule has 1 aliphatic heterocycles. The molecule has 0 aromatic heterocycles. The third-order valence-corrected chi connectivity index (χ3v) is 4.29. The number of amides is 1. The van der Waals surface area contributed by atoms with Crippen LogP contribution in [0.25, 0.3) is 0 Å². The summed E-state index contributed by atoms with van der Waals surface area (Å²) >= 11 is 5.16. The zero-order valence-electron chi connectivity index (χ0n) is 15.6. The molecule has 2 aromatic carbocycles. The third-order valence-electron chi connectivity index (χ3n) is 4.04. The number of carbonyl (C=O) groups excluding carboxylic acids is 1. The Morgan fingerprint density at radius 2 is 1.89 bits per heavy atom. The lowest BCUT2D eigenvalue weighted by molar-refractivity contribution is -0.121. The van der Waals surface area contributed by atoms with Crippen LogP contribution in [0.2, 0.25) is 0 Å². The van der Waals surface area contributed by atoms with Crippen molar-refractivity contribution in [1.82, 2.24) is 16.2 Å². The maximum absolute atomic E-state index is 11.9. The highest BCUT2D eigenvalue weighted by molar-refractivity contribution is 7.80. The van der Waals surface area contributed by atoms with Crippen molar-refractivity contribution in [3.05, 3.63) is 53.6 Å². The zero-order chi connectivity index (χ0) is 19.8. The monoisotopic (exact) mass is 401 g/mol. The number of aryl methyl sites for hydroxylation is 1. The van der Waals surface area contributed by atoms with E-state index in [4.69, 9.17) is 26.4 Å². The smallest absolute Gasteiger partial charge is 0.238 e. The summed E-state index contributed by atoms with van der Waals surface area (Å²) in [5.41, 5.74) is 7.44. The molecule has 0 fully saturated rings. The highest BCUT2D eigenvalue weighted by Gasteiger charge is 2.13. The van der Waals surface area contributed by atoms with Crippen molar-refractivity contribution in [3.63, 3.8) is 0 Å². The summed E-state index contributed by atoms with van der Waals surface area (Å²) < 4.78 is 16.2. The number of carbonyl (C=O) groups is 1. The number of hydrazine groups is 1. The molecule has 0 saturated heterocycles. The second-order valence-electron chi connectivity index (χ2n) is 6.31. The van der Waals surface area contributed by atoms with Crippen molar-refractivity contribution in [2.75, 3.05) is 13.4 Å². The summed E-state index contributed by atoms with van der Waals surface area (Å²) in [4.78, 5) is 11.9. The largest absolute Gasteiger partial charge is 0.494 e. The summed E-state index contributed by atoms with van der Waals surface area (Å²) in [5, 5.41) is 3.36. The van der Waals surface area contributed by atoms with E-state index in [1.165, 1.54) is 5.56 Å². The van der Waals surface area contributed by atoms with Crippen LogP contribution in [0.4, 0.5) is 0 Å². The molecular weight excluding hydrogens is 378 g/mol. The first kappa shape index (κ1) is 19.8. The van der Waals surface area contributed by atoms with E-state index in [9.17, 15) is 4.79 Å². The van der Waals surface area contributed by atoms with Crippen molar-refractivity contribution in [2.45, 2.75) is 26.3 Å². The van der Waals surface area contributed by atoms with Gasteiger partial charge < -0.3 is 19.5 Å². The molecule has 0 bridgehead atoms. The lowest BCUT2D eigenvalue weighted by Crippen LogP contribution is -2.46. The van der Waals surface area contributed by atoms with Gasteiger partial charge in [0.25, 0.3) is 0 Å². The van der Waals surface area contributed by atoms with E-state index in [0.29, 0.717) is 31.1 Å². The number of rotatable bonds is 7. The summed E-state index contributed by atoms with van der Waals surface area (Å²) in [5.74, 6) is 2.11. The maximum atomic E-state index is 11.9. The molecule has 148 valence electrons. The van der Waals surface area contributed by atoms with Gasteiger partial charge in [-0.1, -0.05) is 23.8 Å². The Kier molecular flexibility index (Phi) is 6.91. The maximum Gasteiger partial charge on any atom is 0.238 e. The molecule has 1 heterocycles. The van der Waals surface area contributed by atoms with Crippen molar-refractivity contribution < 1.29 is 19.0 Å². The van der Waals surface area contributed by atoms with Crippen molar-refractivity contribution in [1.29, 1.82) is 0 Å². The fraction of sp³-hybridized carbons (Fsp3) is 0.300. The molecule has 1 aliphatic rings. The number of nitrogens with one attached hydrogen (secondary N) is 3. The van der Waals surface area contributed by atoms with E-state index in [0.717, 1.165) is 22.8 Å². The molecule has 0 saturated carbocycles. The molecule has 3 rings (SSSR count). The Hall–Kier alpha value is -3.00. The van der Waals surface area contributed by atoms with Crippen molar-refractivity contribution in [2.24, 2.45) is 0 Å². The Morgan fingerprint density at radius 1 is 1.11 bits per heavy atom. The van der Waals surface area contributed by atoms with Gasteiger partial charge in [-0.3, -0.25) is 15.6 Å². The minimum absolute atomic E-state index is 0.153. The predicted molar refractivity (Wildman–Crippen MR) is 109 cm³/mol. The van der Waals surface area contributed by atoms with Gasteiger partial charge >= 0.3 is 0 Å². The van der Waals surface area contributed by atoms with Crippen LogP contribution in [0.1, 0.15) is 24.0 Å². The van der Waals surface area contributed by atoms with Crippen LogP contribution < -0.4 is 30.4 Å². The molecule has 8 heteroatoms. The van der Waals surface area contributed by atoms with Gasteiger partial charge in [-0.05, 0) is 55.4 Å². The second-order valence-corrected chi connectivity index (χ2v) is 6.72. The van der Waals surface area contributed by atoms with Crippen LogP contribution in [-0.2, 0) is 11.3 Å². The molecular formula is C20H23N3O4S. The molecule has 1 amide bonds. The Bertz CT molecular complexity index is 827. The third kappa shape index (κ3) is 6.02. The van der Waals surface area contributed by atoms with Crippen LogP contribution in [0.3, 0.4) is 0 Å². The highest BCUT2D eigenvalue weighted by Crippen LogP contribution is 2.32. The molecule has 7 nitrogen and oxygen atoms in total. The van der Waals surface area contributed by atoms with E-state index < -0.39 is 0 Å². The van der Waals surface area contributed by atoms with E-state index in [2.05, 4.69) is 16.2 Å². The Balaban J connectivity index is 1.27. The predicted octanol–water partition coefficient (Wildman–Crippen LogP) is 2.58. The molecule has 0 radical (unpaired) electrons. The van der Waals surface area contributed by atoms with Crippen LogP contribution in [0.15, 0.2) is 42.5 Å². The van der Waals surface area contributed by atoms with E-state index in [-0.39, 0.29) is 12.7 Å². The number of fused-ring (bicyclic) bond motifs is 1.